The molecule has 0 radical (unpaired) electrons. The second kappa shape index (κ2) is 3.69. The first-order valence-electron chi connectivity index (χ1n) is 3.68. The molecule has 0 aromatic heterocycles. The molecule has 6 heteroatoms. The van der Waals surface area contributed by atoms with Gasteiger partial charge in [0.05, 0.1) is 13.7 Å². The molecular formula is C7H10N2O3S. The molecule has 5 nitrogen and oxygen atoms in total. The van der Waals surface area contributed by atoms with Gasteiger partial charge in [-0.15, -0.1) is 0 Å². The standard InChI is InChI=1S/C7H10N2O3S/c1-8-3-5(10)9(7(8)13)4-6(11)12-2/h3-4H2,1-2H3. The number of thiocarbonyl (C=S) groups is 1. The summed E-state index contributed by atoms with van der Waals surface area (Å²) in [5, 5.41) is 0.371. The topological polar surface area (TPSA) is 49.9 Å². The number of amides is 1. The molecule has 1 heterocycles. The van der Waals surface area contributed by atoms with Crippen LogP contribution in [0.1, 0.15) is 0 Å². The highest BCUT2D eigenvalue weighted by Crippen LogP contribution is 2.07. The third kappa shape index (κ3) is 1.95. The van der Waals surface area contributed by atoms with Crippen LogP contribution in [0.5, 0.6) is 0 Å². The number of hydrogen-bond donors (Lipinski definition) is 0. The van der Waals surface area contributed by atoms with Gasteiger partial charge in [0.2, 0.25) is 5.91 Å². The third-order valence-electron chi connectivity index (χ3n) is 1.75. The van der Waals surface area contributed by atoms with Crippen molar-refractivity contribution < 1.29 is 14.3 Å². The van der Waals surface area contributed by atoms with E-state index in [1.54, 1.807) is 11.9 Å². The first kappa shape index (κ1) is 9.91. The zero-order valence-corrected chi connectivity index (χ0v) is 8.26. The number of carbonyl (C=O) groups excluding carboxylic acids is 2. The highest BCUT2D eigenvalue weighted by atomic mass is 32.1. The lowest BCUT2D eigenvalue weighted by atomic mass is 10.5. The summed E-state index contributed by atoms with van der Waals surface area (Å²) in [5.74, 6) is -0.635. The predicted molar refractivity (Wildman–Crippen MR) is 49.0 cm³/mol. The van der Waals surface area contributed by atoms with E-state index in [4.69, 9.17) is 12.2 Å². The molecule has 0 aliphatic carbocycles. The normalized spacial score (nSPS) is 16.8. The minimum absolute atomic E-state index is 0.0987. The number of likely N-dealkylation sites (N-methyl/N-ethyl adjacent to an activating group) is 1. The molecule has 13 heavy (non-hydrogen) atoms. The fraction of sp³-hybridized carbons (Fsp3) is 0.571. The van der Waals surface area contributed by atoms with Crippen molar-refractivity contribution in [3.8, 4) is 0 Å². The van der Waals surface area contributed by atoms with Crippen molar-refractivity contribution in [3.63, 3.8) is 0 Å². The maximum absolute atomic E-state index is 11.2. The summed E-state index contributed by atoms with van der Waals surface area (Å²) >= 11 is 4.93. The Hall–Kier alpha value is -1.17. The van der Waals surface area contributed by atoms with E-state index in [0.29, 0.717) is 5.11 Å². The van der Waals surface area contributed by atoms with Gasteiger partial charge in [-0.05, 0) is 12.2 Å². The highest BCUT2D eigenvalue weighted by Gasteiger charge is 2.31. The zero-order chi connectivity index (χ0) is 10.0. The Bertz CT molecular complexity index is 266. The van der Waals surface area contributed by atoms with Crippen LogP contribution in [0.2, 0.25) is 0 Å². The van der Waals surface area contributed by atoms with E-state index in [9.17, 15) is 9.59 Å². The molecule has 1 saturated heterocycles. The van der Waals surface area contributed by atoms with Crippen LogP contribution in [0.15, 0.2) is 0 Å². The molecule has 0 saturated carbocycles. The summed E-state index contributed by atoms with van der Waals surface area (Å²) < 4.78 is 4.43. The molecule has 0 atom stereocenters. The van der Waals surface area contributed by atoms with Crippen molar-refractivity contribution in [2.24, 2.45) is 0 Å². The summed E-state index contributed by atoms with van der Waals surface area (Å²) in [6.45, 7) is 0.133. The molecule has 0 spiro atoms. The molecule has 0 N–H and O–H groups in total. The molecular weight excluding hydrogens is 192 g/mol. The lowest BCUT2D eigenvalue weighted by molar-refractivity contribution is -0.143. The molecule has 72 valence electrons. The minimum atomic E-state index is -0.467. The number of rotatable bonds is 2. The lowest BCUT2D eigenvalue weighted by Crippen LogP contribution is -2.36. The molecule has 0 bridgehead atoms. The van der Waals surface area contributed by atoms with Gasteiger partial charge in [-0.3, -0.25) is 14.5 Å². The van der Waals surface area contributed by atoms with Crippen LogP contribution in [0.25, 0.3) is 0 Å². The molecule has 0 aromatic carbocycles. The summed E-state index contributed by atoms with van der Waals surface area (Å²) in [7, 11) is 2.98. The van der Waals surface area contributed by atoms with Crippen LogP contribution < -0.4 is 0 Å². The molecule has 0 unspecified atom stereocenters. The number of nitrogens with zero attached hydrogens (tertiary/aromatic N) is 2. The monoisotopic (exact) mass is 202 g/mol. The second-order valence-corrected chi connectivity index (χ2v) is 3.06. The Labute approximate surface area is 81.2 Å². The Kier molecular flexibility index (Phi) is 2.82. The van der Waals surface area contributed by atoms with E-state index >= 15 is 0 Å². The first-order chi connectivity index (χ1) is 6.06. The number of carbonyl (C=O) groups is 2. The van der Waals surface area contributed by atoms with Crippen LogP contribution in [0.3, 0.4) is 0 Å². The quantitative estimate of drug-likeness (QED) is 0.434. The first-order valence-corrected chi connectivity index (χ1v) is 4.09. The van der Waals surface area contributed by atoms with Crippen molar-refractivity contribution in [1.82, 2.24) is 9.80 Å². The molecule has 1 aliphatic rings. The van der Waals surface area contributed by atoms with Crippen LogP contribution >= 0.6 is 12.2 Å². The second-order valence-electron chi connectivity index (χ2n) is 2.69. The van der Waals surface area contributed by atoms with E-state index < -0.39 is 5.97 Å². The Morgan fingerprint density at radius 2 is 2.31 bits per heavy atom. The summed E-state index contributed by atoms with van der Waals surface area (Å²) in [5.41, 5.74) is 0. The minimum Gasteiger partial charge on any atom is -0.468 e. The third-order valence-corrected chi connectivity index (χ3v) is 2.28. The Morgan fingerprint density at radius 1 is 1.69 bits per heavy atom. The van der Waals surface area contributed by atoms with E-state index in [-0.39, 0.29) is 19.0 Å². The fourth-order valence-electron chi connectivity index (χ4n) is 1.02. The molecule has 1 fully saturated rings. The average molecular weight is 202 g/mol. The molecule has 0 aromatic rings. The predicted octanol–water partition coefficient (Wildman–Crippen LogP) is -0.782. The Morgan fingerprint density at radius 3 is 2.69 bits per heavy atom. The summed E-state index contributed by atoms with van der Waals surface area (Å²) in [6.07, 6.45) is 0. The number of methoxy groups -OCH3 is 1. The van der Waals surface area contributed by atoms with Gasteiger partial charge in [-0.25, -0.2) is 0 Å². The summed E-state index contributed by atoms with van der Waals surface area (Å²) in [6, 6.07) is 0. The zero-order valence-electron chi connectivity index (χ0n) is 7.44. The van der Waals surface area contributed by atoms with Crippen molar-refractivity contribution in [2.75, 3.05) is 27.2 Å². The number of ether oxygens (including phenoxy) is 1. The van der Waals surface area contributed by atoms with Crippen molar-refractivity contribution in [2.45, 2.75) is 0 Å². The molecule has 1 aliphatic heterocycles. The molecule has 1 rings (SSSR count). The largest absolute Gasteiger partial charge is 0.468 e. The van der Waals surface area contributed by atoms with Crippen molar-refractivity contribution in [3.05, 3.63) is 0 Å². The SMILES string of the molecule is COC(=O)CN1C(=O)CN(C)C1=S. The number of esters is 1. The number of hydrogen-bond acceptors (Lipinski definition) is 4. The lowest BCUT2D eigenvalue weighted by Gasteiger charge is -2.15. The van der Waals surface area contributed by atoms with Gasteiger partial charge in [-0.2, -0.15) is 0 Å². The van der Waals surface area contributed by atoms with Gasteiger partial charge < -0.3 is 9.64 Å². The van der Waals surface area contributed by atoms with Gasteiger partial charge in [0.1, 0.15) is 6.54 Å². The van der Waals surface area contributed by atoms with Gasteiger partial charge in [0.25, 0.3) is 0 Å². The Balaban J connectivity index is 2.64. The maximum Gasteiger partial charge on any atom is 0.325 e. The maximum atomic E-state index is 11.2. The highest BCUT2D eigenvalue weighted by molar-refractivity contribution is 7.80. The fourth-order valence-corrected chi connectivity index (χ4v) is 1.25. The van der Waals surface area contributed by atoms with Crippen LogP contribution in [0, 0.1) is 0 Å². The summed E-state index contributed by atoms with van der Waals surface area (Å²) in [4.78, 5) is 25.0. The average Bonchev–Trinajstić information content (AvgIpc) is 2.32. The van der Waals surface area contributed by atoms with Gasteiger partial charge in [0.15, 0.2) is 5.11 Å². The smallest absolute Gasteiger partial charge is 0.325 e. The van der Waals surface area contributed by atoms with E-state index in [1.165, 1.54) is 12.0 Å². The van der Waals surface area contributed by atoms with Gasteiger partial charge in [0, 0.05) is 7.05 Å². The molecule has 1 amide bonds. The van der Waals surface area contributed by atoms with Crippen LogP contribution in [0.4, 0.5) is 0 Å². The van der Waals surface area contributed by atoms with E-state index in [2.05, 4.69) is 4.74 Å². The van der Waals surface area contributed by atoms with Crippen LogP contribution in [-0.2, 0) is 14.3 Å². The van der Waals surface area contributed by atoms with Crippen molar-refractivity contribution in [1.29, 1.82) is 0 Å². The van der Waals surface area contributed by atoms with Crippen LogP contribution in [-0.4, -0.2) is 54.0 Å². The van der Waals surface area contributed by atoms with E-state index in [1.807, 2.05) is 0 Å². The van der Waals surface area contributed by atoms with Crippen molar-refractivity contribution >= 4 is 29.2 Å². The van der Waals surface area contributed by atoms with Gasteiger partial charge >= 0.3 is 5.97 Å². The van der Waals surface area contributed by atoms with Gasteiger partial charge in [-0.1, -0.05) is 0 Å². The van der Waals surface area contributed by atoms with E-state index in [0.717, 1.165) is 0 Å².